The van der Waals surface area contributed by atoms with Crippen molar-refractivity contribution < 1.29 is 9.47 Å². The third-order valence-electron chi connectivity index (χ3n) is 1.98. The van der Waals surface area contributed by atoms with Crippen LogP contribution in [-0.4, -0.2) is 24.8 Å². The van der Waals surface area contributed by atoms with Crippen LogP contribution < -0.4 is 4.74 Å². The van der Waals surface area contributed by atoms with E-state index in [1.165, 1.54) is 0 Å². The first-order valence-electron chi connectivity index (χ1n) is 5.43. The number of ether oxygens (including phenoxy) is 2. The molecule has 0 unspecified atom stereocenters. The number of hydrogen-bond acceptors (Lipinski definition) is 4. The summed E-state index contributed by atoms with van der Waals surface area (Å²) in [4.78, 5) is 3.99. The average molecular weight is 220 g/mol. The molecule has 0 aliphatic carbocycles. The minimum absolute atomic E-state index is 0.464. The smallest absolute Gasteiger partial charge is 0.214 e. The number of nitrogens with zero attached hydrogens (tertiary/aromatic N) is 2. The van der Waals surface area contributed by atoms with Crippen molar-refractivity contribution in [3.05, 3.63) is 23.9 Å². The lowest BCUT2D eigenvalue weighted by Gasteiger charge is -2.05. The lowest BCUT2D eigenvalue weighted by molar-refractivity contribution is 0.0965. The summed E-state index contributed by atoms with van der Waals surface area (Å²) in [5, 5.41) is 8.67. The highest BCUT2D eigenvalue weighted by Crippen LogP contribution is 2.07. The molecule has 16 heavy (non-hydrogen) atoms. The van der Waals surface area contributed by atoms with Crippen molar-refractivity contribution in [1.29, 1.82) is 5.26 Å². The molecule has 1 rings (SSSR count). The Bertz CT molecular complexity index is 347. The summed E-state index contributed by atoms with van der Waals surface area (Å²) in [5.41, 5.74) is 0.553. The molecule has 4 nitrogen and oxygen atoms in total. The minimum atomic E-state index is 0.464. The zero-order valence-corrected chi connectivity index (χ0v) is 9.48. The van der Waals surface area contributed by atoms with Crippen LogP contribution >= 0.6 is 0 Å². The third kappa shape index (κ3) is 4.76. The number of aromatic nitrogens is 1. The Morgan fingerprint density at radius 2 is 2.25 bits per heavy atom. The van der Waals surface area contributed by atoms with E-state index in [1.54, 1.807) is 18.3 Å². The van der Waals surface area contributed by atoms with Crippen LogP contribution in [0.1, 0.15) is 25.3 Å². The molecule has 0 amide bonds. The number of rotatable bonds is 7. The molecule has 1 aromatic heterocycles. The van der Waals surface area contributed by atoms with E-state index in [2.05, 4.69) is 11.9 Å². The van der Waals surface area contributed by atoms with Gasteiger partial charge in [-0.25, -0.2) is 4.98 Å². The van der Waals surface area contributed by atoms with Crippen LogP contribution in [-0.2, 0) is 4.74 Å². The van der Waals surface area contributed by atoms with Gasteiger partial charge >= 0.3 is 0 Å². The van der Waals surface area contributed by atoms with E-state index in [4.69, 9.17) is 14.7 Å². The first kappa shape index (κ1) is 12.5. The van der Waals surface area contributed by atoms with E-state index in [0.717, 1.165) is 19.4 Å². The highest BCUT2D eigenvalue weighted by atomic mass is 16.5. The van der Waals surface area contributed by atoms with Gasteiger partial charge in [-0.05, 0) is 12.5 Å². The topological polar surface area (TPSA) is 55.1 Å². The van der Waals surface area contributed by atoms with Gasteiger partial charge in [0.05, 0.1) is 18.2 Å². The normalized spacial score (nSPS) is 9.75. The van der Waals surface area contributed by atoms with E-state index < -0.39 is 0 Å². The highest BCUT2D eigenvalue weighted by Gasteiger charge is 1.97. The van der Waals surface area contributed by atoms with Crippen LogP contribution in [0.2, 0.25) is 0 Å². The maximum absolute atomic E-state index is 8.67. The summed E-state index contributed by atoms with van der Waals surface area (Å²) >= 11 is 0. The number of nitriles is 1. The molecular formula is C12H16N2O2. The van der Waals surface area contributed by atoms with E-state index in [-0.39, 0.29) is 0 Å². The average Bonchev–Trinajstić information content (AvgIpc) is 2.34. The van der Waals surface area contributed by atoms with E-state index >= 15 is 0 Å². The SMILES string of the molecule is CCCCOCCOc1cc(C#N)ccn1. The molecule has 0 spiro atoms. The second-order valence-electron chi connectivity index (χ2n) is 3.31. The molecule has 0 aliphatic rings. The molecule has 0 atom stereocenters. The van der Waals surface area contributed by atoms with Crippen molar-refractivity contribution in [3.63, 3.8) is 0 Å². The fourth-order valence-corrected chi connectivity index (χ4v) is 1.11. The van der Waals surface area contributed by atoms with Gasteiger partial charge in [0.2, 0.25) is 5.88 Å². The predicted octanol–water partition coefficient (Wildman–Crippen LogP) is 2.15. The van der Waals surface area contributed by atoms with Crippen molar-refractivity contribution >= 4 is 0 Å². The first-order chi connectivity index (χ1) is 7.86. The van der Waals surface area contributed by atoms with Gasteiger partial charge in [-0.3, -0.25) is 0 Å². The molecule has 0 fully saturated rings. The standard InChI is InChI=1S/C12H16N2O2/c1-2-3-6-15-7-8-16-12-9-11(10-13)4-5-14-12/h4-5,9H,2-3,6-8H2,1H3. The second-order valence-corrected chi connectivity index (χ2v) is 3.31. The zero-order valence-electron chi connectivity index (χ0n) is 9.48. The molecule has 0 aliphatic heterocycles. The molecule has 0 saturated heterocycles. The molecule has 1 aromatic rings. The summed E-state index contributed by atoms with van der Waals surface area (Å²) in [7, 11) is 0. The zero-order chi connectivity index (χ0) is 11.6. The Hall–Kier alpha value is -1.60. The molecule has 0 bridgehead atoms. The summed E-state index contributed by atoms with van der Waals surface area (Å²) in [6.07, 6.45) is 3.76. The minimum Gasteiger partial charge on any atom is -0.475 e. The van der Waals surface area contributed by atoms with Gasteiger partial charge in [0.25, 0.3) is 0 Å². The molecule has 1 heterocycles. The van der Waals surface area contributed by atoms with Crippen LogP contribution in [0.3, 0.4) is 0 Å². The quantitative estimate of drug-likeness (QED) is 0.661. The lowest BCUT2D eigenvalue weighted by atomic mass is 10.3. The van der Waals surface area contributed by atoms with Crippen molar-refractivity contribution in [1.82, 2.24) is 4.98 Å². The van der Waals surface area contributed by atoms with Crippen LogP contribution in [0.25, 0.3) is 0 Å². The van der Waals surface area contributed by atoms with Gasteiger partial charge in [0, 0.05) is 18.9 Å². The maximum atomic E-state index is 8.67. The fraction of sp³-hybridized carbons (Fsp3) is 0.500. The third-order valence-corrected chi connectivity index (χ3v) is 1.98. The molecule has 0 saturated carbocycles. The van der Waals surface area contributed by atoms with E-state index in [0.29, 0.717) is 24.7 Å². The van der Waals surface area contributed by atoms with Crippen LogP contribution in [0.4, 0.5) is 0 Å². The Labute approximate surface area is 95.8 Å². The lowest BCUT2D eigenvalue weighted by Crippen LogP contribution is -2.08. The van der Waals surface area contributed by atoms with Gasteiger partial charge in [0.15, 0.2) is 0 Å². The monoisotopic (exact) mass is 220 g/mol. The highest BCUT2D eigenvalue weighted by molar-refractivity contribution is 5.31. The van der Waals surface area contributed by atoms with E-state index in [9.17, 15) is 0 Å². The Morgan fingerprint density at radius 3 is 3.00 bits per heavy atom. The van der Waals surface area contributed by atoms with Gasteiger partial charge in [-0.1, -0.05) is 13.3 Å². The number of pyridine rings is 1. The molecule has 4 heteroatoms. The Balaban J connectivity index is 2.19. The van der Waals surface area contributed by atoms with Crippen LogP contribution in [0, 0.1) is 11.3 Å². The van der Waals surface area contributed by atoms with Crippen molar-refractivity contribution in [3.8, 4) is 11.9 Å². The molecule has 0 aromatic carbocycles. The summed E-state index contributed by atoms with van der Waals surface area (Å²) < 4.78 is 10.7. The molecule has 0 N–H and O–H groups in total. The van der Waals surface area contributed by atoms with Gasteiger partial charge in [-0.15, -0.1) is 0 Å². The molecule has 86 valence electrons. The van der Waals surface area contributed by atoms with Crippen molar-refractivity contribution in [2.75, 3.05) is 19.8 Å². The maximum Gasteiger partial charge on any atom is 0.214 e. The molecule has 0 radical (unpaired) electrons. The van der Waals surface area contributed by atoms with Gasteiger partial charge < -0.3 is 9.47 Å². The molecular weight excluding hydrogens is 204 g/mol. The van der Waals surface area contributed by atoms with Crippen LogP contribution in [0.15, 0.2) is 18.3 Å². The van der Waals surface area contributed by atoms with Gasteiger partial charge in [0.1, 0.15) is 6.61 Å². The number of hydrogen-bond donors (Lipinski definition) is 0. The largest absolute Gasteiger partial charge is 0.475 e. The summed E-state index contributed by atoms with van der Waals surface area (Å²) in [5.74, 6) is 0.471. The summed E-state index contributed by atoms with van der Waals surface area (Å²) in [6, 6.07) is 5.29. The predicted molar refractivity (Wildman–Crippen MR) is 60.2 cm³/mol. The van der Waals surface area contributed by atoms with Crippen molar-refractivity contribution in [2.24, 2.45) is 0 Å². The fourth-order valence-electron chi connectivity index (χ4n) is 1.11. The Morgan fingerprint density at radius 1 is 1.38 bits per heavy atom. The van der Waals surface area contributed by atoms with E-state index in [1.807, 2.05) is 6.07 Å². The van der Waals surface area contributed by atoms with Crippen molar-refractivity contribution in [2.45, 2.75) is 19.8 Å². The Kier molecular flexibility index (Phi) is 5.97. The first-order valence-corrected chi connectivity index (χ1v) is 5.43. The second kappa shape index (κ2) is 7.66. The summed E-state index contributed by atoms with van der Waals surface area (Å²) in [6.45, 7) is 3.91. The van der Waals surface area contributed by atoms with Gasteiger partial charge in [-0.2, -0.15) is 5.26 Å². The number of unbranched alkanes of at least 4 members (excludes halogenated alkanes) is 1. The van der Waals surface area contributed by atoms with Crippen LogP contribution in [0.5, 0.6) is 5.88 Å².